The Labute approximate surface area is 115 Å². The summed E-state index contributed by atoms with van der Waals surface area (Å²) in [6.45, 7) is 11.4. The van der Waals surface area contributed by atoms with Gasteiger partial charge in [-0.1, -0.05) is 6.08 Å². The first-order chi connectivity index (χ1) is 8.69. The van der Waals surface area contributed by atoms with E-state index in [2.05, 4.69) is 6.58 Å². The molecule has 0 aromatic carbocycles. The molecule has 0 aromatic heterocycles. The first-order valence-corrected chi connectivity index (χ1v) is 7.07. The zero-order valence-electron chi connectivity index (χ0n) is 12.4. The maximum Gasteiger partial charge on any atom is 0.127 e. The quantitative estimate of drug-likeness (QED) is 0.633. The van der Waals surface area contributed by atoms with E-state index in [0.717, 1.165) is 25.7 Å². The molecule has 0 saturated carbocycles. The van der Waals surface area contributed by atoms with Crippen LogP contribution in [0.4, 0.5) is 0 Å². The molecule has 2 heterocycles. The Morgan fingerprint density at radius 1 is 1.26 bits per heavy atom. The molecule has 1 N–H and O–H groups in total. The summed E-state index contributed by atoms with van der Waals surface area (Å²) in [6.07, 6.45) is 5.07. The van der Waals surface area contributed by atoms with Crippen LogP contribution in [0.2, 0.25) is 0 Å². The van der Waals surface area contributed by atoms with Crippen LogP contribution >= 0.6 is 0 Å². The van der Waals surface area contributed by atoms with Gasteiger partial charge in [-0.05, 0) is 53.4 Å². The van der Waals surface area contributed by atoms with Crippen LogP contribution < -0.4 is 0 Å². The standard InChI is InChI=1S/C15H26O4/c1-6-14(4)9-7-12(17-14)15(5)10-8-11(18-19-15)13(2,3)16/h6,11-12,16H,1,7-10H2,2-5H3/t11-,12+,14-,15-/m1/s1. The zero-order chi connectivity index (χ0) is 14.3. The summed E-state index contributed by atoms with van der Waals surface area (Å²) in [4.78, 5) is 11.0. The molecule has 2 rings (SSSR count). The Hall–Kier alpha value is -0.420. The number of hydrogen-bond donors (Lipinski definition) is 1. The SMILES string of the molecule is C=C[C@]1(C)CC[C@@H]([C@@]2(C)CC[C@H](C(C)(C)O)OO2)O1. The number of hydrogen-bond acceptors (Lipinski definition) is 4. The van der Waals surface area contributed by atoms with Gasteiger partial charge in [0.1, 0.15) is 11.7 Å². The second kappa shape index (κ2) is 4.85. The average Bonchev–Trinajstić information content (AvgIpc) is 2.73. The van der Waals surface area contributed by atoms with Crippen molar-refractivity contribution >= 4 is 0 Å². The van der Waals surface area contributed by atoms with Crippen LogP contribution in [0, 0.1) is 0 Å². The van der Waals surface area contributed by atoms with Crippen LogP contribution in [0.3, 0.4) is 0 Å². The molecule has 110 valence electrons. The highest BCUT2D eigenvalue weighted by Crippen LogP contribution is 2.42. The molecule has 0 unspecified atom stereocenters. The number of aliphatic hydroxyl groups is 1. The second-order valence-electron chi connectivity index (χ2n) is 6.84. The minimum atomic E-state index is -0.881. The van der Waals surface area contributed by atoms with Crippen LogP contribution in [-0.4, -0.2) is 34.1 Å². The molecule has 0 aromatic rings. The summed E-state index contributed by atoms with van der Waals surface area (Å²) in [5, 5.41) is 9.95. The fourth-order valence-electron chi connectivity index (χ4n) is 2.80. The van der Waals surface area contributed by atoms with Crippen molar-refractivity contribution in [1.82, 2.24) is 0 Å². The molecule has 0 spiro atoms. The summed E-state index contributed by atoms with van der Waals surface area (Å²) >= 11 is 0. The first kappa shape index (κ1) is 15.0. The van der Waals surface area contributed by atoms with Gasteiger partial charge in [0.2, 0.25) is 0 Å². The van der Waals surface area contributed by atoms with Crippen molar-refractivity contribution in [3.63, 3.8) is 0 Å². The van der Waals surface area contributed by atoms with Gasteiger partial charge >= 0.3 is 0 Å². The van der Waals surface area contributed by atoms with Gasteiger partial charge in [-0.3, -0.25) is 0 Å². The van der Waals surface area contributed by atoms with Gasteiger partial charge in [-0.15, -0.1) is 6.58 Å². The molecule has 4 nitrogen and oxygen atoms in total. The van der Waals surface area contributed by atoms with Gasteiger partial charge in [0.25, 0.3) is 0 Å². The van der Waals surface area contributed by atoms with E-state index in [-0.39, 0.29) is 17.8 Å². The molecule has 4 atom stereocenters. The molecule has 0 radical (unpaired) electrons. The Morgan fingerprint density at radius 3 is 2.37 bits per heavy atom. The smallest absolute Gasteiger partial charge is 0.127 e. The van der Waals surface area contributed by atoms with E-state index in [4.69, 9.17) is 14.5 Å². The predicted octanol–water partition coefficient (Wildman–Crippen LogP) is 2.75. The van der Waals surface area contributed by atoms with Crippen molar-refractivity contribution in [2.45, 2.75) is 82.4 Å². The molecule has 2 aliphatic heterocycles. The molecule has 4 heteroatoms. The third-order valence-electron chi connectivity index (χ3n) is 4.47. The van der Waals surface area contributed by atoms with Gasteiger partial charge in [-0.2, -0.15) is 0 Å². The van der Waals surface area contributed by atoms with Crippen molar-refractivity contribution in [3.05, 3.63) is 12.7 Å². The fraction of sp³-hybridized carbons (Fsp3) is 0.867. The largest absolute Gasteiger partial charge is 0.388 e. The fourth-order valence-corrected chi connectivity index (χ4v) is 2.80. The second-order valence-corrected chi connectivity index (χ2v) is 6.84. The first-order valence-electron chi connectivity index (χ1n) is 7.07. The minimum absolute atomic E-state index is 0.0123. The van der Waals surface area contributed by atoms with Crippen molar-refractivity contribution < 1.29 is 19.6 Å². The van der Waals surface area contributed by atoms with E-state index in [1.54, 1.807) is 13.8 Å². The summed E-state index contributed by atoms with van der Waals surface area (Å²) in [5.41, 5.74) is -1.58. The lowest BCUT2D eigenvalue weighted by molar-refractivity contribution is -0.435. The van der Waals surface area contributed by atoms with Crippen LogP contribution in [0.1, 0.15) is 53.4 Å². The lowest BCUT2D eigenvalue weighted by atomic mass is 9.86. The summed E-state index contributed by atoms with van der Waals surface area (Å²) in [7, 11) is 0. The monoisotopic (exact) mass is 270 g/mol. The van der Waals surface area contributed by atoms with Crippen molar-refractivity contribution in [2.24, 2.45) is 0 Å². The zero-order valence-corrected chi connectivity index (χ0v) is 12.4. The Bertz CT molecular complexity index is 339. The third kappa shape index (κ3) is 3.02. The van der Waals surface area contributed by atoms with Crippen molar-refractivity contribution in [3.8, 4) is 0 Å². The topological polar surface area (TPSA) is 47.9 Å². The van der Waals surface area contributed by atoms with E-state index in [0.29, 0.717) is 0 Å². The molecule has 2 fully saturated rings. The molecule has 0 amide bonds. The number of ether oxygens (including phenoxy) is 1. The highest BCUT2D eigenvalue weighted by molar-refractivity contribution is 5.03. The Balaban J connectivity index is 1.98. The Morgan fingerprint density at radius 2 is 1.95 bits per heavy atom. The lowest BCUT2D eigenvalue weighted by Gasteiger charge is -2.42. The molecule has 19 heavy (non-hydrogen) atoms. The maximum absolute atomic E-state index is 9.95. The van der Waals surface area contributed by atoms with Crippen LogP contribution in [-0.2, 0) is 14.5 Å². The molecular weight excluding hydrogens is 244 g/mol. The highest BCUT2D eigenvalue weighted by Gasteiger charge is 2.49. The molecule has 0 bridgehead atoms. The molecule has 2 saturated heterocycles. The van der Waals surface area contributed by atoms with Gasteiger partial charge in [0.15, 0.2) is 0 Å². The van der Waals surface area contributed by atoms with Crippen LogP contribution in [0.15, 0.2) is 12.7 Å². The summed E-state index contributed by atoms with van der Waals surface area (Å²) in [5.74, 6) is 0. The maximum atomic E-state index is 9.95. The Kier molecular flexibility index (Phi) is 3.82. The van der Waals surface area contributed by atoms with E-state index >= 15 is 0 Å². The normalized spacial score (nSPS) is 44.3. The van der Waals surface area contributed by atoms with Crippen molar-refractivity contribution in [2.75, 3.05) is 0 Å². The van der Waals surface area contributed by atoms with Crippen molar-refractivity contribution in [1.29, 1.82) is 0 Å². The third-order valence-corrected chi connectivity index (χ3v) is 4.47. The molecule has 2 aliphatic rings. The summed E-state index contributed by atoms with van der Waals surface area (Å²) < 4.78 is 6.08. The number of rotatable bonds is 3. The lowest BCUT2D eigenvalue weighted by Crippen LogP contribution is -2.51. The van der Waals surface area contributed by atoms with Gasteiger partial charge in [0, 0.05) is 0 Å². The van der Waals surface area contributed by atoms with Gasteiger partial charge in [0.05, 0.1) is 17.3 Å². The van der Waals surface area contributed by atoms with Gasteiger partial charge in [-0.25, -0.2) is 9.78 Å². The molecule has 0 aliphatic carbocycles. The van der Waals surface area contributed by atoms with Gasteiger partial charge < -0.3 is 9.84 Å². The van der Waals surface area contributed by atoms with E-state index in [9.17, 15) is 5.11 Å². The van der Waals surface area contributed by atoms with E-state index in [1.807, 2.05) is 19.9 Å². The highest BCUT2D eigenvalue weighted by atomic mass is 17.2. The average molecular weight is 270 g/mol. The van der Waals surface area contributed by atoms with Crippen LogP contribution in [0.5, 0.6) is 0 Å². The molecular formula is C15H26O4. The van der Waals surface area contributed by atoms with Crippen LogP contribution in [0.25, 0.3) is 0 Å². The van der Waals surface area contributed by atoms with E-state index < -0.39 is 11.2 Å². The summed E-state index contributed by atoms with van der Waals surface area (Å²) in [6, 6.07) is 0. The minimum Gasteiger partial charge on any atom is -0.388 e. The van der Waals surface area contributed by atoms with E-state index in [1.165, 1.54) is 0 Å². The predicted molar refractivity (Wildman–Crippen MR) is 72.6 cm³/mol.